The molecule has 1 aliphatic heterocycles. The van der Waals surface area contributed by atoms with Gasteiger partial charge < -0.3 is 19.4 Å². The van der Waals surface area contributed by atoms with E-state index in [4.69, 9.17) is 9.47 Å². The molecule has 4 aromatic rings. The van der Waals surface area contributed by atoms with Gasteiger partial charge in [0.15, 0.2) is 11.5 Å². The molecule has 0 saturated heterocycles. The van der Waals surface area contributed by atoms with Gasteiger partial charge in [-0.2, -0.15) is 4.31 Å². The van der Waals surface area contributed by atoms with E-state index in [1.54, 1.807) is 20.3 Å². The number of aromatic nitrogens is 2. The highest BCUT2D eigenvalue weighted by Gasteiger charge is 2.39. The molecule has 0 radical (unpaired) electrons. The lowest BCUT2D eigenvalue weighted by molar-refractivity contribution is 0.334. The lowest BCUT2D eigenvalue weighted by atomic mass is 9.92. The molecule has 0 bridgehead atoms. The number of nitrogens with zero attached hydrogens (tertiary/aromatic N) is 1. The summed E-state index contributed by atoms with van der Waals surface area (Å²) in [6.45, 7) is 0.315. The van der Waals surface area contributed by atoms with E-state index in [0.717, 1.165) is 16.0 Å². The lowest BCUT2D eigenvalue weighted by Gasteiger charge is -2.36. The van der Waals surface area contributed by atoms with Crippen molar-refractivity contribution in [3.63, 3.8) is 0 Å². The van der Waals surface area contributed by atoms with Crippen LogP contribution in [0, 0.1) is 0 Å². The van der Waals surface area contributed by atoms with Crippen LogP contribution in [0.15, 0.2) is 57.5 Å². The van der Waals surface area contributed by atoms with Crippen LogP contribution in [0.4, 0.5) is 0 Å². The van der Waals surface area contributed by atoms with Gasteiger partial charge in [-0.05, 0) is 59.3 Å². The first-order valence-electron chi connectivity index (χ1n) is 9.94. The highest BCUT2D eigenvalue weighted by molar-refractivity contribution is 7.89. The minimum atomic E-state index is -3.87. The van der Waals surface area contributed by atoms with E-state index in [-0.39, 0.29) is 10.6 Å². The van der Waals surface area contributed by atoms with Crippen LogP contribution in [0.1, 0.15) is 22.0 Å². The third kappa shape index (κ3) is 3.31. The minimum Gasteiger partial charge on any atom is -0.493 e. The number of benzene rings is 2. The molecular formula is C22H21N3O5S2. The second-order valence-corrected chi connectivity index (χ2v) is 10.3. The maximum atomic E-state index is 13.8. The number of H-pyrrole nitrogens is 2. The van der Waals surface area contributed by atoms with Gasteiger partial charge in [0.2, 0.25) is 10.0 Å². The van der Waals surface area contributed by atoms with Crippen LogP contribution < -0.4 is 15.2 Å². The Morgan fingerprint density at radius 1 is 1.03 bits per heavy atom. The van der Waals surface area contributed by atoms with E-state index in [1.165, 1.54) is 27.8 Å². The number of imidazole rings is 1. The average Bonchev–Trinajstić information content (AvgIpc) is 3.45. The quantitative estimate of drug-likeness (QED) is 0.465. The standard InChI is InChI=1S/C22H21N3O5S2/c1-29-18-10-13-7-8-25(21(20-4-3-9-31-20)15(13)12-19(18)30-2)32(27,28)14-5-6-16-17(11-14)24-22(26)23-16/h3-6,9-12,21H,7-8H2,1-2H3,(H2,23,24,26). The van der Waals surface area contributed by atoms with Crippen LogP contribution >= 0.6 is 11.3 Å². The van der Waals surface area contributed by atoms with E-state index < -0.39 is 16.1 Å². The molecule has 3 heterocycles. The second-order valence-electron chi connectivity index (χ2n) is 7.48. The van der Waals surface area contributed by atoms with Crippen LogP contribution in [0.3, 0.4) is 0 Å². The largest absolute Gasteiger partial charge is 0.493 e. The van der Waals surface area contributed by atoms with Crippen molar-refractivity contribution < 1.29 is 17.9 Å². The van der Waals surface area contributed by atoms with Gasteiger partial charge in [-0.3, -0.25) is 0 Å². The Kier molecular flexibility index (Phi) is 5.07. The Labute approximate surface area is 188 Å². The van der Waals surface area contributed by atoms with Crippen molar-refractivity contribution in [1.82, 2.24) is 14.3 Å². The molecule has 10 heteroatoms. The molecule has 8 nitrogen and oxygen atoms in total. The summed E-state index contributed by atoms with van der Waals surface area (Å²) in [6, 6.07) is 11.8. The first kappa shape index (κ1) is 20.8. The van der Waals surface area contributed by atoms with Crippen molar-refractivity contribution in [2.45, 2.75) is 17.4 Å². The number of hydrogen-bond acceptors (Lipinski definition) is 6. The number of rotatable bonds is 5. The van der Waals surface area contributed by atoms with Gasteiger partial charge >= 0.3 is 5.69 Å². The van der Waals surface area contributed by atoms with Crippen molar-refractivity contribution in [3.05, 3.63) is 74.3 Å². The highest BCUT2D eigenvalue weighted by atomic mass is 32.2. The molecule has 1 aliphatic rings. The summed E-state index contributed by atoms with van der Waals surface area (Å²) >= 11 is 1.51. The van der Waals surface area contributed by atoms with Crippen molar-refractivity contribution in [2.24, 2.45) is 0 Å². The summed E-state index contributed by atoms with van der Waals surface area (Å²) in [5.41, 5.74) is 2.53. The van der Waals surface area contributed by atoms with Crippen LogP contribution in [0.2, 0.25) is 0 Å². The molecular weight excluding hydrogens is 450 g/mol. The molecule has 2 N–H and O–H groups in total. The molecule has 166 valence electrons. The van der Waals surface area contributed by atoms with E-state index in [0.29, 0.717) is 35.5 Å². The summed E-state index contributed by atoms with van der Waals surface area (Å²) in [7, 11) is -0.716. The number of hydrogen-bond donors (Lipinski definition) is 2. The minimum absolute atomic E-state index is 0.130. The first-order chi connectivity index (χ1) is 15.4. The van der Waals surface area contributed by atoms with E-state index >= 15 is 0 Å². The SMILES string of the molecule is COc1cc2c(cc1OC)C(c1cccs1)N(S(=O)(=O)c1ccc3[nH]c(=O)[nH]c3c1)CC2. The Morgan fingerprint density at radius 3 is 2.50 bits per heavy atom. The third-order valence-corrected chi connectivity index (χ3v) is 8.52. The van der Waals surface area contributed by atoms with Gasteiger partial charge in [-0.1, -0.05) is 6.07 Å². The molecule has 2 aromatic carbocycles. The molecule has 0 aliphatic carbocycles. The van der Waals surface area contributed by atoms with Crippen LogP contribution in [-0.2, 0) is 16.4 Å². The lowest BCUT2D eigenvalue weighted by Crippen LogP contribution is -2.40. The monoisotopic (exact) mass is 471 g/mol. The highest BCUT2D eigenvalue weighted by Crippen LogP contribution is 2.44. The smallest absolute Gasteiger partial charge is 0.323 e. The summed E-state index contributed by atoms with van der Waals surface area (Å²) in [4.78, 5) is 17.9. The summed E-state index contributed by atoms with van der Waals surface area (Å²) in [6.07, 6.45) is 0.542. The predicted molar refractivity (Wildman–Crippen MR) is 122 cm³/mol. The van der Waals surface area contributed by atoms with Crippen molar-refractivity contribution >= 4 is 32.4 Å². The zero-order valence-corrected chi connectivity index (χ0v) is 19.0. The Hall–Kier alpha value is -3.08. The van der Waals surface area contributed by atoms with Gasteiger partial charge in [0, 0.05) is 11.4 Å². The van der Waals surface area contributed by atoms with Gasteiger partial charge in [-0.15, -0.1) is 11.3 Å². The fourth-order valence-corrected chi connectivity index (χ4v) is 6.77. The normalized spacial score (nSPS) is 16.8. The predicted octanol–water partition coefficient (Wildman–Crippen LogP) is 3.27. The number of nitrogens with one attached hydrogen (secondary N) is 2. The topological polar surface area (TPSA) is 104 Å². The van der Waals surface area contributed by atoms with E-state index in [2.05, 4.69) is 9.97 Å². The zero-order chi connectivity index (χ0) is 22.5. The number of aromatic amines is 2. The van der Waals surface area contributed by atoms with Crippen molar-refractivity contribution in [1.29, 1.82) is 0 Å². The van der Waals surface area contributed by atoms with E-state index in [9.17, 15) is 13.2 Å². The number of ether oxygens (including phenoxy) is 2. The second kappa shape index (κ2) is 7.80. The Morgan fingerprint density at radius 2 is 1.78 bits per heavy atom. The summed E-state index contributed by atoms with van der Waals surface area (Å²) < 4.78 is 40.1. The van der Waals surface area contributed by atoms with Crippen LogP contribution in [0.25, 0.3) is 11.0 Å². The van der Waals surface area contributed by atoms with Crippen LogP contribution in [-0.4, -0.2) is 43.5 Å². The summed E-state index contributed by atoms with van der Waals surface area (Å²) in [5, 5.41) is 1.94. The molecule has 0 spiro atoms. The van der Waals surface area contributed by atoms with Crippen molar-refractivity contribution in [3.8, 4) is 11.5 Å². The molecule has 0 saturated carbocycles. The number of fused-ring (bicyclic) bond motifs is 2. The average molecular weight is 472 g/mol. The fourth-order valence-electron chi connectivity index (χ4n) is 4.23. The Bertz CT molecular complexity index is 1450. The fraction of sp³-hybridized carbons (Fsp3) is 0.227. The molecule has 0 amide bonds. The van der Waals surface area contributed by atoms with Crippen molar-refractivity contribution in [2.75, 3.05) is 20.8 Å². The third-order valence-electron chi connectivity index (χ3n) is 5.74. The van der Waals surface area contributed by atoms with Gasteiger partial charge in [0.1, 0.15) is 0 Å². The molecule has 1 atom stereocenters. The molecule has 1 unspecified atom stereocenters. The number of methoxy groups -OCH3 is 2. The van der Waals surface area contributed by atoms with Crippen LogP contribution in [0.5, 0.6) is 11.5 Å². The zero-order valence-electron chi connectivity index (χ0n) is 17.4. The molecule has 5 rings (SSSR count). The molecule has 32 heavy (non-hydrogen) atoms. The molecule has 0 fully saturated rings. The summed E-state index contributed by atoms with van der Waals surface area (Å²) in [5.74, 6) is 1.17. The van der Waals surface area contributed by atoms with E-state index in [1.807, 2.05) is 29.6 Å². The Balaban J connectivity index is 1.66. The molecule has 2 aromatic heterocycles. The maximum absolute atomic E-state index is 13.8. The number of sulfonamides is 1. The van der Waals surface area contributed by atoms with Gasteiger partial charge in [0.05, 0.1) is 36.2 Å². The van der Waals surface area contributed by atoms with Gasteiger partial charge in [0.25, 0.3) is 0 Å². The van der Waals surface area contributed by atoms with Gasteiger partial charge in [-0.25, -0.2) is 13.2 Å². The number of thiophene rings is 1. The maximum Gasteiger partial charge on any atom is 0.323 e. The first-order valence-corrected chi connectivity index (χ1v) is 12.3.